The average Bonchev–Trinajstić information content (AvgIpc) is 2.70. The highest BCUT2D eigenvalue weighted by Crippen LogP contribution is 2.30. The van der Waals surface area contributed by atoms with Gasteiger partial charge in [-0.3, -0.25) is 14.2 Å². The van der Waals surface area contributed by atoms with Gasteiger partial charge in [0.25, 0.3) is 0 Å². The Morgan fingerprint density at radius 2 is 1.62 bits per heavy atom. The Labute approximate surface area is 163 Å². The summed E-state index contributed by atoms with van der Waals surface area (Å²) in [4.78, 5) is 25.0. The zero-order valence-corrected chi connectivity index (χ0v) is 15.6. The second kappa shape index (κ2) is 7.86. The van der Waals surface area contributed by atoms with Crippen LogP contribution >= 0.6 is 0 Å². The maximum atomic E-state index is 12.9. The van der Waals surface area contributed by atoms with Gasteiger partial charge >= 0.3 is 17.3 Å². The number of halogens is 3. The van der Waals surface area contributed by atoms with Gasteiger partial charge in [0.1, 0.15) is 0 Å². The van der Waals surface area contributed by atoms with Crippen LogP contribution in [-0.4, -0.2) is 23.4 Å². The molecule has 0 N–H and O–H groups in total. The summed E-state index contributed by atoms with van der Waals surface area (Å²) in [5.74, 6) is 0.840. The molecule has 0 aliphatic heterocycles. The molecule has 3 aromatic rings. The molecule has 0 aliphatic rings. The van der Waals surface area contributed by atoms with Crippen molar-refractivity contribution in [2.24, 2.45) is 0 Å². The Hall–Kier alpha value is -3.49. The molecule has 1 heterocycles. The van der Waals surface area contributed by atoms with Gasteiger partial charge in [0.15, 0.2) is 11.5 Å². The molecule has 0 fully saturated rings. The molecule has 152 valence electrons. The molecule has 0 aliphatic carbocycles. The fourth-order valence-corrected chi connectivity index (χ4v) is 2.85. The predicted octanol–water partition coefficient (Wildman–Crippen LogP) is 3.08. The highest BCUT2D eigenvalue weighted by Gasteiger charge is 2.30. The van der Waals surface area contributed by atoms with Gasteiger partial charge in [-0.1, -0.05) is 12.1 Å². The fraction of sp³-hybridized carbons (Fsp3) is 0.200. The van der Waals surface area contributed by atoms with E-state index in [4.69, 9.17) is 9.47 Å². The summed E-state index contributed by atoms with van der Waals surface area (Å²) in [5.41, 5.74) is -1.88. The topological polar surface area (TPSA) is 62.5 Å². The lowest BCUT2D eigenvalue weighted by Crippen LogP contribution is -2.40. The number of methoxy groups -OCH3 is 2. The maximum Gasteiger partial charge on any atom is 0.416 e. The fourth-order valence-electron chi connectivity index (χ4n) is 2.85. The van der Waals surface area contributed by atoms with Crippen LogP contribution in [0.3, 0.4) is 0 Å². The second-order valence-electron chi connectivity index (χ2n) is 6.14. The highest BCUT2D eigenvalue weighted by molar-refractivity contribution is 5.48. The first-order chi connectivity index (χ1) is 13.7. The molecule has 6 nitrogen and oxygen atoms in total. The third-order valence-corrected chi connectivity index (χ3v) is 4.31. The number of benzene rings is 2. The van der Waals surface area contributed by atoms with E-state index in [1.54, 1.807) is 12.1 Å². The van der Waals surface area contributed by atoms with Crippen molar-refractivity contribution in [2.75, 3.05) is 14.2 Å². The molecular formula is C20H17F3N2O4. The highest BCUT2D eigenvalue weighted by atomic mass is 19.4. The van der Waals surface area contributed by atoms with Gasteiger partial charge in [-0.2, -0.15) is 13.2 Å². The van der Waals surface area contributed by atoms with Crippen LogP contribution in [0, 0.1) is 0 Å². The summed E-state index contributed by atoms with van der Waals surface area (Å²) in [6, 6.07) is 9.33. The number of nitrogens with zero attached hydrogens (tertiary/aromatic N) is 2. The predicted molar refractivity (Wildman–Crippen MR) is 99.9 cm³/mol. The molecule has 0 atom stereocenters. The Balaban J connectivity index is 1.97. The Morgan fingerprint density at radius 3 is 2.28 bits per heavy atom. The standard InChI is InChI=1S/C20H17F3N2O4/c1-28-16-7-6-15(11-17(16)29-2)25-9-8-24(18(26)19(25)27)12-13-4-3-5-14(10-13)20(21,22)23/h3-11H,12H2,1-2H3. The summed E-state index contributed by atoms with van der Waals surface area (Å²) in [7, 11) is 2.91. The molecule has 29 heavy (non-hydrogen) atoms. The quantitative estimate of drug-likeness (QED) is 0.611. The SMILES string of the molecule is COc1ccc(-n2ccn(Cc3cccc(C(F)(F)F)c3)c(=O)c2=O)cc1OC. The van der Waals surface area contributed by atoms with Crippen molar-refractivity contribution in [1.29, 1.82) is 0 Å². The van der Waals surface area contributed by atoms with Crippen LogP contribution in [0.5, 0.6) is 11.5 Å². The van der Waals surface area contributed by atoms with Crippen molar-refractivity contribution in [3.8, 4) is 17.2 Å². The first kappa shape index (κ1) is 20.2. The third kappa shape index (κ3) is 4.18. The van der Waals surface area contributed by atoms with Crippen LogP contribution in [0.4, 0.5) is 13.2 Å². The Bertz CT molecular complexity index is 1150. The van der Waals surface area contributed by atoms with Gasteiger partial charge in [0.2, 0.25) is 0 Å². The van der Waals surface area contributed by atoms with Crippen LogP contribution in [0.15, 0.2) is 64.4 Å². The van der Waals surface area contributed by atoms with E-state index in [-0.39, 0.29) is 12.1 Å². The van der Waals surface area contributed by atoms with E-state index in [0.29, 0.717) is 17.2 Å². The van der Waals surface area contributed by atoms with E-state index in [0.717, 1.165) is 21.3 Å². The first-order valence-electron chi connectivity index (χ1n) is 8.45. The normalized spacial score (nSPS) is 11.3. The summed E-state index contributed by atoms with van der Waals surface area (Å²) < 4.78 is 51.1. The van der Waals surface area contributed by atoms with E-state index >= 15 is 0 Å². The molecule has 2 aromatic carbocycles. The summed E-state index contributed by atoms with van der Waals surface area (Å²) in [6.45, 7) is -0.162. The van der Waals surface area contributed by atoms with Crippen molar-refractivity contribution < 1.29 is 22.6 Å². The minimum atomic E-state index is -4.49. The first-order valence-corrected chi connectivity index (χ1v) is 8.45. The molecule has 3 rings (SSSR count). The van der Waals surface area contributed by atoms with E-state index in [9.17, 15) is 22.8 Å². The molecule has 1 aromatic heterocycles. The lowest BCUT2D eigenvalue weighted by Gasteiger charge is -2.13. The molecule has 0 saturated carbocycles. The maximum absolute atomic E-state index is 12.9. The van der Waals surface area contributed by atoms with Crippen LogP contribution < -0.4 is 20.6 Å². The van der Waals surface area contributed by atoms with Gasteiger partial charge in [0, 0.05) is 18.5 Å². The minimum absolute atomic E-state index is 0.162. The van der Waals surface area contributed by atoms with Gasteiger partial charge in [-0.15, -0.1) is 0 Å². The molecule has 0 unspecified atom stereocenters. The van der Waals surface area contributed by atoms with Crippen LogP contribution in [0.1, 0.15) is 11.1 Å². The number of hydrogen-bond donors (Lipinski definition) is 0. The van der Waals surface area contributed by atoms with Crippen LogP contribution in [0.25, 0.3) is 5.69 Å². The number of alkyl halides is 3. The number of ether oxygens (including phenoxy) is 2. The third-order valence-electron chi connectivity index (χ3n) is 4.31. The van der Waals surface area contributed by atoms with Crippen molar-refractivity contribution in [2.45, 2.75) is 12.7 Å². The van der Waals surface area contributed by atoms with Crippen molar-refractivity contribution in [3.05, 3.63) is 86.7 Å². The zero-order chi connectivity index (χ0) is 21.2. The average molecular weight is 406 g/mol. The molecule has 9 heteroatoms. The molecule has 0 radical (unpaired) electrons. The number of rotatable bonds is 5. The van der Waals surface area contributed by atoms with Crippen molar-refractivity contribution in [3.63, 3.8) is 0 Å². The van der Waals surface area contributed by atoms with E-state index in [1.165, 1.54) is 44.8 Å². The van der Waals surface area contributed by atoms with Crippen LogP contribution in [-0.2, 0) is 12.7 Å². The zero-order valence-electron chi connectivity index (χ0n) is 15.6. The molecule has 0 spiro atoms. The van der Waals surface area contributed by atoms with E-state index < -0.39 is 22.9 Å². The lowest BCUT2D eigenvalue weighted by molar-refractivity contribution is -0.137. The van der Waals surface area contributed by atoms with E-state index in [2.05, 4.69) is 0 Å². The van der Waals surface area contributed by atoms with E-state index in [1.807, 2.05) is 0 Å². The summed E-state index contributed by atoms with van der Waals surface area (Å²) in [6.07, 6.45) is -1.77. The Kier molecular flexibility index (Phi) is 5.49. The van der Waals surface area contributed by atoms with Gasteiger partial charge in [-0.25, -0.2) is 0 Å². The monoisotopic (exact) mass is 406 g/mol. The molecule has 0 bridgehead atoms. The largest absolute Gasteiger partial charge is 0.493 e. The minimum Gasteiger partial charge on any atom is -0.493 e. The lowest BCUT2D eigenvalue weighted by atomic mass is 10.1. The molecule has 0 saturated heterocycles. The molecule has 0 amide bonds. The molecular weight excluding hydrogens is 389 g/mol. The van der Waals surface area contributed by atoms with Gasteiger partial charge in [-0.05, 0) is 29.8 Å². The number of aromatic nitrogens is 2. The Morgan fingerprint density at radius 1 is 0.897 bits per heavy atom. The van der Waals surface area contributed by atoms with Gasteiger partial charge < -0.3 is 14.0 Å². The van der Waals surface area contributed by atoms with Gasteiger partial charge in [0.05, 0.1) is 32.0 Å². The second-order valence-corrected chi connectivity index (χ2v) is 6.14. The smallest absolute Gasteiger partial charge is 0.416 e. The van der Waals surface area contributed by atoms with Crippen LogP contribution in [0.2, 0.25) is 0 Å². The van der Waals surface area contributed by atoms with Crippen molar-refractivity contribution >= 4 is 0 Å². The van der Waals surface area contributed by atoms with Crippen molar-refractivity contribution in [1.82, 2.24) is 9.13 Å². The summed E-state index contributed by atoms with van der Waals surface area (Å²) in [5, 5.41) is 0. The number of hydrogen-bond acceptors (Lipinski definition) is 4. The summed E-state index contributed by atoms with van der Waals surface area (Å²) >= 11 is 0.